The van der Waals surface area contributed by atoms with Gasteiger partial charge in [0.15, 0.2) is 0 Å². The molecule has 98 valence electrons. The van der Waals surface area contributed by atoms with Crippen molar-refractivity contribution in [2.24, 2.45) is 0 Å². The number of anilines is 1. The third-order valence-electron chi connectivity index (χ3n) is 2.62. The highest BCUT2D eigenvalue weighted by atomic mass is 16.5. The largest absolute Gasteiger partial charge is 0.385 e. The molecular formula is C14H20N2O2. The van der Waals surface area contributed by atoms with Gasteiger partial charge in [-0.1, -0.05) is 6.07 Å². The molecule has 4 nitrogen and oxygen atoms in total. The van der Waals surface area contributed by atoms with Crippen molar-refractivity contribution in [2.75, 3.05) is 45.4 Å². The predicted molar refractivity (Wildman–Crippen MR) is 71.7 cm³/mol. The third kappa shape index (κ3) is 5.17. The van der Waals surface area contributed by atoms with E-state index in [0.717, 1.165) is 31.9 Å². The van der Waals surface area contributed by atoms with Crippen LogP contribution in [0.1, 0.15) is 12.0 Å². The zero-order chi connectivity index (χ0) is 13.2. The van der Waals surface area contributed by atoms with Crippen LogP contribution in [0.5, 0.6) is 0 Å². The quantitative estimate of drug-likeness (QED) is 0.660. The highest BCUT2D eigenvalue weighted by Gasteiger charge is 2.01. The van der Waals surface area contributed by atoms with Gasteiger partial charge in [0, 0.05) is 39.6 Å². The molecule has 0 heterocycles. The van der Waals surface area contributed by atoms with E-state index in [4.69, 9.17) is 14.7 Å². The second-order valence-electron chi connectivity index (χ2n) is 4.04. The minimum atomic E-state index is 0.678. The highest BCUT2D eigenvalue weighted by Crippen LogP contribution is 2.13. The summed E-state index contributed by atoms with van der Waals surface area (Å²) < 4.78 is 10.4. The van der Waals surface area contributed by atoms with E-state index in [1.54, 1.807) is 13.2 Å². The molecule has 0 aromatic heterocycles. The van der Waals surface area contributed by atoms with Crippen LogP contribution >= 0.6 is 0 Å². The number of ether oxygens (including phenoxy) is 2. The molecule has 4 heteroatoms. The average molecular weight is 248 g/mol. The molecule has 1 aromatic carbocycles. The Labute approximate surface area is 109 Å². The Balaban J connectivity index is 2.27. The first-order valence-electron chi connectivity index (χ1n) is 6.06. The minimum Gasteiger partial charge on any atom is -0.385 e. The second kappa shape index (κ2) is 8.51. The molecule has 0 unspecified atom stereocenters. The van der Waals surface area contributed by atoms with E-state index in [2.05, 4.69) is 11.0 Å². The summed E-state index contributed by atoms with van der Waals surface area (Å²) in [7, 11) is 3.69. The summed E-state index contributed by atoms with van der Waals surface area (Å²) in [6.07, 6.45) is 0.921. The van der Waals surface area contributed by atoms with E-state index in [9.17, 15) is 0 Å². The summed E-state index contributed by atoms with van der Waals surface area (Å²) >= 11 is 0. The maximum absolute atomic E-state index is 8.84. The van der Waals surface area contributed by atoms with Crippen molar-refractivity contribution in [2.45, 2.75) is 6.42 Å². The van der Waals surface area contributed by atoms with Gasteiger partial charge in [-0.05, 0) is 24.6 Å². The number of benzene rings is 1. The molecule has 0 atom stereocenters. The summed E-state index contributed by atoms with van der Waals surface area (Å²) in [5.74, 6) is 0. The highest BCUT2D eigenvalue weighted by molar-refractivity contribution is 5.50. The van der Waals surface area contributed by atoms with Crippen LogP contribution in [0.3, 0.4) is 0 Å². The average Bonchev–Trinajstić information content (AvgIpc) is 2.42. The first kappa shape index (κ1) is 14.5. The standard InChI is InChI=1S/C14H20N2O2/c1-16(7-10-18-9-4-8-17-2)14-6-3-5-13(11-14)12-15/h3,5-6,11H,4,7-10H2,1-2H3. The Kier molecular flexibility index (Phi) is 6.85. The summed E-state index contributed by atoms with van der Waals surface area (Å²) in [6, 6.07) is 9.71. The summed E-state index contributed by atoms with van der Waals surface area (Å²) in [5.41, 5.74) is 1.72. The van der Waals surface area contributed by atoms with Crippen molar-refractivity contribution in [3.63, 3.8) is 0 Å². The van der Waals surface area contributed by atoms with Gasteiger partial charge in [-0.2, -0.15) is 5.26 Å². The van der Waals surface area contributed by atoms with Crippen molar-refractivity contribution in [3.8, 4) is 6.07 Å². The second-order valence-corrected chi connectivity index (χ2v) is 4.04. The van der Waals surface area contributed by atoms with Gasteiger partial charge in [0.1, 0.15) is 0 Å². The van der Waals surface area contributed by atoms with Gasteiger partial charge in [0.2, 0.25) is 0 Å². The van der Waals surface area contributed by atoms with Gasteiger partial charge in [0.25, 0.3) is 0 Å². The Hall–Kier alpha value is -1.57. The first-order chi connectivity index (χ1) is 8.77. The number of likely N-dealkylation sites (N-methyl/N-ethyl adjacent to an activating group) is 1. The predicted octanol–water partition coefficient (Wildman–Crippen LogP) is 2.05. The maximum atomic E-state index is 8.84. The third-order valence-corrected chi connectivity index (χ3v) is 2.62. The molecule has 18 heavy (non-hydrogen) atoms. The van der Waals surface area contributed by atoms with Crippen LogP contribution in [0.25, 0.3) is 0 Å². The van der Waals surface area contributed by atoms with Crippen molar-refractivity contribution in [1.82, 2.24) is 0 Å². The molecule has 0 amide bonds. The minimum absolute atomic E-state index is 0.678. The van der Waals surface area contributed by atoms with Crippen molar-refractivity contribution < 1.29 is 9.47 Å². The normalized spacial score (nSPS) is 10.1. The number of hydrogen-bond donors (Lipinski definition) is 0. The molecule has 0 spiro atoms. The molecule has 0 N–H and O–H groups in total. The molecule has 1 rings (SSSR count). The van der Waals surface area contributed by atoms with Crippen LogP contribution in [-0.2, 0) is 9.47 Å². The summed E-state index contributed by atoms with van der Waals surface area (Å²) in [5, 5.41) is 8.84. The van der Waals surface area contributed by atoms with Crippen LogP contribution < -0.4 is 4.90 Å². The van der Waals surface area contributed by atoms with Crippen LogP contribution in [0.4, 0.5) is 5.69 Å². The van der Waals surface area contributed by atoms with Gasteiger partial charge in [0.05, 0.1) is 18.2 Å². The van der Waals surface area contributed by atoms with Gasteiger partial charge < -0.3 is 14.4 Å². The molecule has 0 aliphatic heterocycles. The lowest BCUT2D eigenvalue weighted by atomic mass is 10.2. The number of rotatable bonds is 8. The molecule has 0 bridgehead atoms. The molecule has 0 aliphatic carbocycles. The monoisotopic (exact) mass is 248 g/mol. The molecular weight excluding hydrogens is 228 g/mol. The van der Waals surface area contributed by atoms with Crippen molar-refractivity contribution in [3.05, 3.63) is 29.8 Å². The zero-order valence-electron chi connectivity index (χ0n) is 11.1. The zero-order valence-corrected chi connectivity index (χ0v) is 11.1. The molecule has 0 radical (unpaired) electrons. The van der Waals surface area contributed by atoms with Crippen molar-refractivity contribution >= 4 is 5.69 Å². The molecule has 0 saturated heterocycles. The number of nitrogens with zero attached hydrogens (tertiary/aromatic N) is 2. The number of methoxy groups -OCH3 is 1. The van der Waals surface area contributed by atoms with Gasteiger partial charge in [-0.3, -0.25) is 0 Å². The van der Waals surface area contributed by atoms with E-state index >= 15 is 0 Å². The first-order valence-corrected chi connectivity index (χ1v) is 6.06. The molecule has 0 aliphatic rings. The fourth-order valence-corrected chi connectivity index (χ4v) is 1.55. The summed E-state index contributed by atoms with van der Waals surface area (Å²) in [6.45, 7) is 2.94. The van der Waals surface area contributed by atoms with Crippen LogP contribution in [0.15, 0.2) is 24.3 Å². The molecule has 0 saturated carbocycles. The smallest absolute Gasteiger partial charge is 0.0992 e. The lowest BCUT2D eigenvalue weighted by Crippen LogP contribution is -2.22. The lowest BCUT2D eigenvalue weighted by Gasteiger charge is -2.19. The Bertz CT molecular complexity index is 388. The van der Waals surface area contributed by atoms with Crippen LogP contribution in [0, 0.1) is 11.3 Å². The molecule has 1 aromatic rings. The number of nitriles is 1. The number of hydrogen-bond acceptors (Lipinski definition) is 4. The van der Waals surface area contributed by atoms with Gasteiger partial charge in [-0.15, -0.1) is 0 Å². The van der Waals surface area contributed by atoms with Gasteiger partial charge in [-0.25, -0.2) is 0 Å². The van der Waals surface area contributed by atoms with E-state index in [0.29, 0.717) is 12.2 Å². The molecule has 0 fully saturated rings. The maximum Gasteiger partial charge on any atom is 0.0992 e. The van der Waals surface area contributed by atoms with Crippen LogP contribution in [-0.4, -0.2) is 40.5 Å². The van der Waals surface area contributed by atoms with Crippen molar-refractivity contribution in [1.29, 1.82) is 5.26 Å². The lowest BCUT2D eigenvalue weighted by molar-refractivity contribution is 0.107. The Morgan fingerprint density at radius 3 is 2.83 bits per heavy atom. The SMILES string of the molecule is COCCCOCCN(C)c1cccc(C#N)c1. The fourth-order valence-electron chi connectivity index (χ4n) is 1.55. The Morgan fingerprint density at radius 1 is 1.28 bits per heavy atom. The fraction of sp³-hybridized carbons (Fsp3) is 0.500. The topological polar surface area (TPSA) is 45.5 Å². The van der Waals surface area contributed by atoms with Crippen LogP contribution in [0.2, 0.25) is 0 Å². The summed E-state index contributed by atoms with van der Waals surface area (Å²) in [4.78, 5) is 2.08. The van der Waals surface area contributed by atoms with E-state index in [1.807, 2.05) is 25.2 Å². The van der Waals surface area contributed by atoms with E-state index in [1.165, 1.54) is 0 Å². The van der Waals surface area contributed by atoms with E-state index < -0.39 is 0 Å². The van der Waals surface area contributed by atoms with E-state index in [-0.39, 0.29) is 0 Å². The Morgan fingerprint density at radius 2 is 2.11 bits per heavy atom. The van der Waals surface area contributed by atoms with Gasteiger partial charge >= 0.3 is 0 Å².